The summed E-state index contributed by atoms with van der Waals surface area (Å²) in [5.41, 5.74) is 2.49. The van der Waals surface area contributed by atoms with Crippen molar-refractivity contribution in [2.24, 2.45) is 5.92 Å². The number of amides is 2. The van der Waals surface area contributed by atoms with Gasteiger partial charge in [0.2, 0.25) is 11.8 Å². The molecule has 2 N–H and O–H groups in total. The van der Waals surface area contributed by atoms with Crippen LogP contribution in [0.15, 0.2) is 24.3 Å². The fourth-order valence-electron chi connectivity index (χ4n) is 4.28. The third-order valence-electron chi connectivity index (χ3n) is 5.86. The lowest BCUT2D eigenvalue weighted by molar-refractivity contribution is -0.127. The van der Waals surface area contributed by atoms with Crippen LogP contribution in [0, 0.1) is 5.92 Å². The second-order valence-corrected chi connectivity index (χ2v) is 8.48. The van der Waals surface area contributed by atoms with E-state index in [4.69, 9.17) is 0 Å². The molecule has 3 unspecified atom stereocenters. The lowest BCUT2D eigenvalue weighted by Gasteiger charge is -2.49. The second kappa shape index (κ2) is 8.95. The molecule has 6 heteroatoms. The topological polar surface area (TPSA) is 64.7 Å². The average Bonchev–Trinajstić information content (AvgIpc) is 2.66. The van der Waals surface area contributed by atoms with Gasteiger partial charge in [0, 0.05) is 37.4 Å². The van der Waals surface area contributed by atoms with Crippen molar-refractivity contribution in [3.05, 3.63) is 29.8 Å². The van der Waals surface area contributed by atoms with E-state index in [1.807, 2.05) is 13.8 Å². The molecular weight excluding hydrogens is 352 g/mol. The Kier molecular flexibility index (Phi) is 6.60. The van der Waals surface area contributed by atoms with Crippen LogP contribution in [0.5, 0.6) is 0 Å². The smallest absolute Gasteiger partial charge is 0.234 e. The van der Waals surface area contributed by atoms with Gasteiger partial charge in [-0.15, -0.1) is 0 Å². The minimum atomic E-state index is -0.0974. The van der Waals surface area contributed by atoms with Gasteiger partial charge in [-0.25, -0.2) is 0 Å². The number of piperazine rings is 1. The quantitative estimate of drug-likeness (QED) is 0.782. The summed E-state index contributed by atoms with van der Waals surface area (Å²) < 4.78 is 0. The molecule has 0 radical (unpaired) electrons. The maximum Gasteiger partial charge on any atom is 0.234 e. The van der Waals surface area contributed by atoms with Crippen molar-refractivity contribution >= 4 is 17.5 Å². The Hall–Kier alpha value is -2.08. The van der Waals surface area contributed by atoms with E-state index in [1.165, 1.54) is 11.3 Å². The van der Waals surface area contributed by atoms with Crippen LogP contribution in [0.2, 0.25) is 0 Å². The number of carbonyl (C=O) groups excluding carboxylic acids is 2. The summed E-state index contributed by atoms with van der Waals surface area (Å²) >= 11 is 0. The van der Waals surface area contributed by atoms with Crippen molar-refractivity contribution < 1.29 is 9.59 Å². The number of carbonyl (C=O) groups is 2. The van der Waals surface area contributed by atoms with Crippen molar-refractivity contribution in [3.63, 3.8) is 0 Å². The largest absolute Gasteiger partial charge is 0.365 e. The molecule has 1 aromatic carbocycles. The molecule has 1 aromatic rings. The molecule has 2 amide bonds. The normalized spacial score (nSPS) is 23.0. The summed E-state index contributed by atoms with van der Waals surface area (Å²) in [6.45, 7) is 10.9. The van der Waals surface area contributed by atoms with E-state index in [2.05, 4.69) is 58.5 Å². The van der Waals surface area contributed by atoms with Crippen LogP contribution in [-0.4, -0.2) is 61.0 Å². The highest BCUT2D eigenvalue weighted by Gasteiger charge is 2.41. The Labute approximate surface area is 168 Å². The molecule has 0 aromatic heterocycles. The predicted octanol–water partition coefficient (Wildman–Crippen LogP) is 1.79. The molecule has 154 valence electrons. The van der Waals surface area contributed by atoms with E-state index in [0.717, 1.165) is 32.5 Å². The molecule has 0 aliphatic carbocycles. The molecule has 3 rings (SSSR count). The van der Waals surface area contributed by atoms with E-state index in [-0.39, 0.29) is 35.9 Å². The van der Waals surface area contributed by atoms with Crippen molar-refractivity contribution in [3.8, 4) is 0 Å². The molecule has 2 heterocycles. The number of para-hydroxylation sites is 1. The number of hydrogen-bond donors (Lipinski definition) is 2. The van der Waals surface area contributed by atoms with Crippen LogP contribution >= 0.6 is 0 Å². The number of rotatable bonds is 6. The van der Waals surface area contributed by atoms with Gasteiger partial charge in [0.15, 0.2) is 0 Å². The summed E-state index contributed by atoms with van der Waals surface area (Å²) in [5.74, 6) is 0.0902. The SMILES string of the molecule is CCC(C)NC(=O)C1Cc2ccccc2N2CCN(CC(=O)NC(C)C)CC12. The highest BCUT2D eigenvalue weighted by molar-refractivity contribution is 5.82. The fourth-order valence-corrected chi connectivity index (χ4v) is 4.28. The number of nitrogens with one attached hydrogen (secondary N) is 2. The highest BCUT2D eigenvalue weighted by Crippen LogP contribution is 2.36. The number of benzene rings is 1. The van der Waals surface area contributed by atoms with Gasteiger partial charge < -0.3 is 15.5 Å². The monoisotopic (exact) mass is 386 g/mol. The molecule has 0 spiro atoms. The van der Waals surface area contributed by atoms with Gasteiger partial charge in [-0.1, -0.05) is 25.1 Å². The van der Waals surface area contributed by atoms with Gasteiger partial charge in [0.1, 0.15) is 0 Å². The van der Waals surface area contributed by atoms with Gasteiger partial charge in [-0.2, -0.15) is 0 Å². The van der Waals surface area contributed by atoms with Gasteiger partial charge >= 0.3 is 0 Å². The Balaban J connectivity index is 1.78. The minimum Gasteiger partial charge on any atom is -0.365 e. The van der Waals surface area contributed by atoms with Crippen molar-refractivity contribution in [2.75, 3.05) is 31.1 Å². The van der Waals surface area contributed by atoms with Gasteiger partial charge in [0.25, 0.3) is 0 Å². The molecular formula is C22H34N4O2. The number of nitrogens with zero attached hydrogens (tertiary/aromatic N) is 2. The van der Waals surface area contributed by atoms with E-state index in [9.17, 15) is 9.59 Å². The van der Waals surface area contributed by atoms with E-state index >= 15 is 0 Å². The first kappa shape index (κ1) is 20.6. The Bertz CT molecular complexity index is 706. The zero-order valence-electron chi connectivity index (χ0n) is 17.6. The molecule has 0 saturated carbocycles. The predicted molar refractivity (Wildman–Crippen MR) is 112 cm³/mol. The molecule has 2 aliphatic heterocycles. The lowest BCUT2D eigenvalue weighted by atomic mass is 9.83. The standard InChI is InChI=1S/C22H34N4O2/c1-5-16(4)24-22(28)18-12-17-8-6-7-9-19(17)26-11-10-25(13-20(18)26)14-21(27)23-15(2)3/h6-9,15-16,18,20H,5,10-14H2,1-4H3,(H,23,27)(H,24,28). The second-order valence-electron chi connectivity index (χ2n) is 8.48. The molecule has 0 bridgehead atoms. The summed E-state index contributed by atoms with van der Waals surface area (Å²) in [7, 11) is 0. The fraction of sp³-hybridized carbons (Fsp3) is 0.636. The van der Waals surface area contributed by atoms with Crippen LogP contribution in [0.3, 0.4) is 0 Å². The first-order valence-corrected chi connectivity index (χ1v) is 10.6. The van der Waals surface area contributed by atoms with E-state index < -0.39 is 0 Å². The lowest BCUT2D eigenvalue weighted by Crippen LogP contribution is -2.62. The molecule has 1 saturated heterocycles. The van der Waals surface area contributed by atoms with E-state index in [0.29, 0.717) is 6.54 Å². The maximum atomic E-state index is 13.1. The van der Waals surface area contributed by atoms with Crippen LogP contribution < -0.4 is 15.5 Å². The third kappa shape index (κ3) is 4.66. The van der Waals surface area contributed by atoms with Crippen molar-refractivity contribution in [1.82, 2.24) is 15.5 Å². The third-order valence-corrected chi connectivity index (χ3v) is 5.86. The highest BCUT2D eigenvalue weighted by atomic mass is 16.2. The van der Waals surface area contributed by atoms with Crippen LogP contribution in [0.25, 0.3) is 0 Å². The Morgan fingerprint density at radius 3 is 2.61 bits per heavy atom. The summed E-state index contributed by atoms with van der Waals surface area (Å²) in [4.78, 5) is 29.9. The maximum absolute atomic E-state index is 13.1. The van der Waals surface area contributed by atoms with Crippen LogP contribution in [-0.2, 0) is 16.0 Å². The molecule has 2 aliphatic rings. The van der Waals surface area contributed by atoms with Crippen molar-refractivity contribution in [1.29, 1.82) is 0 Å². The van der Waals surface area contributed by atoms with Gasteiger partial charge in [0.05, 0.1) is 18.5 Å². The number of hydrogen-bond acceptors (Lipinski definition) is 4. The first-order chi connectivity index (χ1) is 13.4. The van der Waals surface area contributed by atoms with Gasteiger partial charge in [-0.05, 0) is 45.2 Å². The number of fused-ring (bicyclic) bond motifs is 3. The molecule has 6 nitrogen and oxygen atoms in total. The van der Waals surface area contributed by atoms with E-state index in [1.54, 1.807) is 0 Å². The Morgan fingerprint density at radius 1 is 1.14 bits per heavy atom. The van der Waals surface area contributed by atoms with Gasteiger partial charge in [-0.3, -0.25) is 14.5 Å². The Morgan fingerprint density at radius 2 is 1.89 bits per heavy atom. The molecule has 28 heavy (non-hydrogen) atoms. The summed E-state index contributed by atoms with van der Waals surface area (Å²) in [6, 6.07) is 8.83. The zero-order valence-corrected chi connectivity index (χ0v) is 17.6. The summed E-state index contributed by atoms with van der Waals surface area (Å²) in [5, 5.41) is 6.15. The number of anilines is 1. The summed E-state index contributed by atoms with van der Waals surface area (Å²) in [6.07, 6.45) is 1.68. The first-order valence-electron chi connectivity index (χ1n) is 10.6. The average molecular weight is 387 g/mol. The molecule has 1 fully saturated rings. The van der Waals surface area contributed by atoms with Crippen LogP contribution in [0.1, 0.15) is 39.7 Å². The zero-order chi connectivity index (χ0) is 20.3. The minimum absolute atomic E-state index is 0.0558. The van der Waals surface area contributed by atoms with Crippen LogP contribution in [0.4, 0.5) is 5.69 Å². The van der Waals surface area contributed by atoms with Crippen molar-refractivity contribution in [2.45, 2.75) is 58.7 Å². The molecule has 3 atom stereocenters.